The van der Waals surface area contributed by atoms with Crippen LogP contribution >= 0.6 is 11.3 Å². The van der Waals surface area contributed by atoms with E-state index in [4.69, 9.17) is 5.11 Å². The summed E-state index contributed by atoms with van der Waals surface area (Å²) in [5.74, 6) is -1.62. The Bertz CT molecular complexity index is 496. The fraction of sp³-hybridized carbons (Fsp3) is 0.417. The normalized spacial score (nSPS) is 10.3. The lowest BCUT2D eigenvalue weighted by atomic mass is 10.3. The fourth-order valence-corrected chi connectivity index (χ4v) is 2.38. The Morgan fingerprint density at radius 2 is 2.00 bits per heavy atom. The maximum Gasteiger partial charge on any atom is 0.323 e. The van der Waals surface area contributed by atoms with E-state index in [0.717, 1.165) is 11.3 Å². The number of rotatable bonds is 5. The van der Waals surface area contributed by atoms with Gasteiger partial charge in [-0.2, -0.15) is 0 Å². The lowest BCUT2D eigenvalue weighted by Crippen LogP contribution is -2.40. The lowest BCUT2D eigenvalue weighted by molar-refractivity contribution is -0.138. The molecule has 0 aliphatic carbocycles. The van der Waals surface area contributed by atoms with Crippen LogP contribution in [0.25, 0.3) is 0 Å². The maximum atomic E-state index is 12.2. The van der Waals surface area contributed by atoms with Crippen LogP contribution in [-0.4, -0.2) is 40.4 Å². The highest BCUT2D eigenvalue weighted by Crippen LogP contribution is 2.23. The molecule has 0 aliphatic rings. The summed E-state index contributed by atoms with van der Waals surface area (Å²) in [7, 11) is 0. The van der Waals surface area contributed by atoms with Crippen molar-refractivity contribution in [2.75, 3.05) is 11.9 Å². The molecule has 0 saturated carbocycles. The maximum absolute atomic E-state index is 12.2. The zero-order chi connectivity index (χ0) is 14.6. The highest BCUT2D eigenvalue weighted by atomic mass is 32.1. The zero-order valence-corrected chi connectivity index (χ0v) is 11.8. The van der Waals surface area contributed by atoms with Gasteiger partial charge in [0, 0.05) is 13.0 Å². The molecule has 0 atom stereocenters. The molecule has 1 aromatic rings. The molecule has 1 rings (SSSR count). The van der Waals surface area contributed by atoms with Crippen molar-refractivity contribution in [3.05, 3.63) is 17.0 Å². The van der Waals surface area contributed by atoms with E-state index in [0.29, 0.717) is 9.88 Å². The standard InChI is InChI=1S/C12H16N2O4S/c1-7(2)14(6-11(16)17)12(18)9-4-5-10(19-9)13-8(3)15/h4-5,7H,6H2,1-3H3,(H,13,15)(H,16,17). The number of carbonyl (C=O) groups excluding carboxylic acids is 2. The second-order valence-corrected chi connectivity index (χ2v) is 5.35. The molecule has 7 heteroatoms. The number of aliphatic carboxylic acids is 1. The monoisotopic (exact) mass is 284 g/mol. The summed E-state index contributed by atoms with van der Waals surface area (Å²) in [5.41, 5.74) is 0. The minimum absolute atomic E-state index is 0.213. The predicted molar refractivity (Wildman–Crippen MR) is 72.4 cm³/mol. The second-order valence-electron chi connectivity index (χ2n) is 4.27. The lowest BCUT2D eigenvalue weighted by Gasteiger charge is -2.24. The van der Waals surface area contributed by atoms with Gasteiger partial charge in [-0.3, -0.25) is 14.4 Å². The number of anilines is 1. The topological polar surface area (TPSA) is 86.7 Å². The van der Waals surface area contributed by atoms with Crippen LogP contribution in [0.3, 0.4) is 0 Å². The van der Waals surface area contributed by atoms with Gasteiger partial charge in [0.05, 0.1) is 9.88 Å². The number of carboxylic acids is 1. The number of hydrogen-bond acceptors (Lipinski definition) is 4. The van der Waals surface area contributed by atoms with Crippen molar-refractivity contribution in [2.24, 2.45) is 0 Å². The van der Waals surface area contributed by atoms with E-state index < -0.39 is 5.97 Å². The number of thiophene rings is 1. The third kappa shape index (κ3) is 4.36. The first-order chi connectivity index (χ1) is 8.81. The van der Waals surface area contributed by atoms with Crippen LogP contribution in [0, 0.1) is 0 Å². The molecule has 0 unspecified atom stereocenters. The molecule has 0 saturated heterocycles. The number of nitrogens with zero attached hydrogens (tertiary/aromatic N) is 1. The summed E-state index contributed by atoms with van der Waals surface area (Å²) >= 11 is 1.13. The quantitative estimate of drug-likeness (QED) is 0.860. The van der Waals surface area contributed by atoms with E-state index in [1.165, 1.54) is 11.8 Å². The Balaban J connectivity index is 2.87. The van der Waals surface area contributed by atoms with Crippen molar-refractivity contribution in [3.8, 4) is 0 Å². The van der Waals surface area contributed by atoms with Crippen LogP contribution in [-0.2, 0) is 9.59 Å². The first kappa shape index (κ1) is 15.2. The molecule has 0 aliphatic heterocycles. The SMILES string of the molecule is CC(=O)Nc1ccc(C(=O)N(CC(=O)O)C(C)C)s1. The smallest absolute Gasteiger partial charge is 0.323 e. The van der Waals surface area contributed by atoms with Gasteiger partial charge in [-0.05, 0) is 26.0 Å². The Morgan fingerprint density at radius 1 is 1.37 bits per heavy atom. The molecule has 0 radical (unpaired) electrons. The van der Waals surface area contributed by atoms with Gasteiger partial charge in [0.2, 0.25) is 5.91 Å². The van der Waals surface area contributed by atoms with E-state index in [2.05, 4.69) is 5.32 Å². The van der Waals surface area contributed by atoms with Crippen molar-refractivity contribution in [1.82, 2.24) is 4.90 Å². The summed E-state index contributed by atoms with van der Waals surface area (Å²) in [6.07, 6.45) is 0. The molecule has 1 aromatic heterocycles. The Kier molecular flexibility index (Phi) is 5.05. The Morgan fingerprint density at radius 3 is 2.47 bits per heavy atom. The molecule has 2 amide bonds. The molecule has 19 heavy (non-hydrogen) atoms. The van der Waals surface area contributed by atoms with Gasteiger partial charge in [-0.1, -0.05) is 0 Å². The van der Waals surface area contributed by atoms with Crippen molar-refractivity contribution >= 4 is 34.1 Å². The number of carbonyl (C=O) groups is 3. The van der Waals surface area contributed by atoms with Crippen molar-refractivity contribution < 1.29 is 19.5 Å². The first-order valence-electron chi connectivity index (χ1n) is 5.71. The van der Waals surface area contributed by atoms with Gasteiger partial charge in [-0.25, -0.2) is 0 Å². The average Bonchev–Trinajstić information content (AvgIpc) is 2.71. The van der Waals surface area contributed by atoms with Crippen molar-refractivity contribution in [3.63, 3.8) is 0 Å². The van der Waals surface area contributed by atoms with E-state index in [1.54, 1.807) is 26.0 Å². The molecule has 2 N–H and O–H groups in total. The van der Waals surface area contributed by atoms with Gasteiger partial charge >= 0.3 is 5.97 Å². The van der Waals surface area contributed by atoms with Gasteiger partial charge in [0.25, 0.3) is 5.91 Å². The average molecular weight is 284 g/mol. The molecule has 1 heterocycles. The highest BCUT2D eigenvalue weighted by molar-refractivity contribution is 7.18. The molecule has 0 spiro atoms. The third-order valence-electron chi connectivity index (χ3n) is 2.31. The summed E-state index contributed by atoms with van der Waals surface area (Å²) in [5, 5.41) is 12.0. The van der Waals surface area contributed by atoms with Crippen molar-refractivity contribution in [2.45, 2.75) is 26.8 Å². The largest absolute Gasteiger partial charge is 0.480 e. The number of amides is 2. The molecule has 0 fully saturated rings. The molecule has 104 valence electrons. The zero-order valence-electron chi connectivity index (χ0n) is 11.0. The molecule has 0 bridgehead atoms. The Hall–Kier alpha value is -1.89. The molecular weight excluding hydrogens is 268 g/mol. The fourth-order valence-electron chi connectivity index (χ4n) is 1.47. The van der Waals surface area contributed by atoms with E-state index in [9.17, 15) is 14.4 Å². The first-order valence-corrected chi connectivity index (χ1v) is 6.53. The molecule has 6 nitrogen and oxygen atoms in total. The minimum atomic E-state index is -1.05. The summed E-state index contributed by atoms with van der Waals surface area (Å²) in [4.78, 5) is 35.5. The number of hydrogen-bond donors (Lipinski definition) is 2. The van der Waals surface area contributed by atoms with Crippen LogP contribution in [0.2, 0.25) is 0 Å². The van der Waals surface area contributed by atoms with Crippen LogP contribution in [0.4, 0.5) is 5.00 Å². The van der Waals surface area contributed by atoms with E-state index in [1.807, 2.05) is 0 Å². The van der Waals surface area contributed by atoms with Crippen LogP contribution in [0.5, 0.6) is 0 Å². The third-order valence-corrected chi connectivity index (χ3v) is 3.29. The minimum Gasteiger partial charge on any atom is -0.480 e. The predicted octanol–water partition coefficient (Wildman–Crippen LogP) is 1.64. The Labute approximate surface area is 115 Å². The summed E-state index contributed by atoms with van der Waals surface area (Å²) in [6, 6.07) is 2.99. The number of carboxylic acid groups (broad SMARTS) is 1. The van der Waals surface area contributed by atoms with Crippen molar-refractivity contribution in [1.29, 1.82) is 0 Å². The highest BCUT2D eigenvalue weighted by Gasteiger charge is 2.22. The number of nitrogens with one attached hydrogen (secondary N) is 1. The van der Waals surface area contributed by atoms with Gasteiger partial charge in [0.1, 0.15) is 6.54 Å². The molecular formula is C12H16N2O4S. The van der Waals surface area contributed by atoms with Gasteiger partial charge in [-0.15, -0.1) is 11.3 Å². The van der Waals surface area contributed by atoms with Gasteiger partial charge in [0.15, 0.2) is 0 Å². The van der Waals surface area contributed by atoms with E-state index >= 15 is 0 Å². The van der Waals surface area contributed by atoms with Crippen LogP contribution in [0.1, 0.15) is 30.4 Å². The summed E-state index contributed by atoms with van der Waals surface area (Å²) in [6.45, 7) is 4.54. The molecule has 0 aromatic carbocycles. The van der Waals surface area contributed by atoms with Crippen LogP contribution < -0.4 is 5.32 Å². The summed E-state index contributed by atoms with van der Waals surface area (Å²) < 4.78 is 0. The van der Waals surface area contributed by atoms with E-state index in [-0.39, 0.29) is 24.4 Å². The van der Waals surface area contributed by atoms with Crippen LogP contribution in [0.15, 0.2) is 12.1 Å². The second kappa shape index (κ2) is 6.33. The van der Waals surface area contributed by atoms with Gasteiger partial charge < -0.3 is 15.3 Å².